The van der Waals surface area contributed by atoms with E-state index in [9.17, 15) is 9.18 Å². The van der Waals surface area contributed by atoms with Gasteiger partial charge in [-0.15, -0.1) is 0 Å². The fraction of sp³-hybridized carbons (Fsp3) is 0.0385. The molecule has 0 heterocycles. The number of rotatable bonds is 6. The molecule has 1 amide bonds. The van der Waals surface area contributed by atoms with Crippen molar-refractivity contribution in [3.05, 3.63) is 111 Å². The Kier molecular flexibility index (Phi) is 6.77. The van der Waals surface area contributed by atoms with Gasteiger partial charge in [0.1, 0.15) is 18.2 Å². The van der Waals surface area contributed by atoms with Crippen LogP contribution in [0.4, 0.5) is 4.39 Å². The lowest BCUT2D eigenvalue weighted by atomic mass is 10.1. The van der Waals surface area contributed by atoms with E-state index in [1.807, 2.05) is 30.3 Å². The molecule has 1 N–H and O–H groups in total. The van der Waals surface area contributed by atoms with Crippen LogP contribution in [0.25, 0.3) is 10.8 Å². The second-order valence-electron chi connectivity index (χ2n) is 7.16. The largest absolute Gasteiger partial charge is 0.488 e. The number of ether oxygens (including phenoxy) is 1. The van der Waals surface area contributed by atoms with E-state index >= 15 is 0 Å². The third-order valence-corrected chi connectivity index (χ3v) is 5.39. The zero-order chi connectivity index (χ0) is 23.2. The van der Waals surface area contributed by atoms with Crippen LogP contribution in [0.2, 0.25) is 0 Å². The third-order valence-electron chi connectivity index (χ3n) is 4.89. The second-order valence-corrected chi connectivity index (χ2v) is 8.07. The van der Waals surface area contributed by atoms with Crippen LogP contribution in [-0.4, -0.2) is 12.1 Å². The summed E-state index contributed by atoms with van der Waals surface area (Å²) in [6.45, 7) is 0.357. The first-order valence-electron chi connectivity index (χ1n) is 9.96. The Balaban J connectivity index is 1.46. The van der Waals surface area contributed by atoms with Gasteiger partial charge < -0.3 is 4.74 Å². The SMILES string of the molecule is N#Cc1ccc(C(=O)N/N=C\c2cc(Br)ccc2OCc2ccc3ccccc3c2)c(F)c1. The predicted octanol–water partition coefficient (Wildman–Crippen LogP) is 5.96. The van der Waals surface area contributed by atoms with E-state index in [0.29, 0.717) is 17.9 Å². The molecule has 4 aromatic rings. The summed E-state index contributed by atoms with van der Waals surface area (Å²) in [5.41, 5.74) is 3.88. The molecule has 4 rings (SSSR count). The van der Waals surface area contributed by atoms with E-state index < -0.39 is 11.7 Å². The molecule has 0 fully saturated rings. The van der Waals surface area contributed by atoms with Crippen molar-refractivity contribution in [2.75, 3.05) is 0 Å². The molecule has 0 aliphatic carbocycles. The van der Waals surface area contributed by atoms with E-state index in [1.54, 1.807) is 12.1 Å². The topological polar surface area (TPSA) is 74.5 Å². The highest BCUT2D eigenvalue weighted by atomic mass is 79.9. The van der Waals surface area contributed by atoms with E-state index in [-0.39, 0.29) is 11.1 Å². The van der Waals surface area contributed by atoms with E-state index in [0.717, 1.165) is 26.9 Å². The van der Waals surface area contributed by atoms with Crippen molar-refractivity contribution in [2.24, 2.45) is 5.10 Å². The normalized spacial score (nSPS) is 10.8. The molecule has 0 aliphatic rings. The number of benzene rings is 4. The summed E-state index contributed by atoms with van der Waals surface area (Å²) >= 11 is 3.42. The minimum atomic E-state index is -0.788. The third kappa shape index (κ3) is 5.43. The molecule has 0 aliphatic heterocycles. The number of carbonyl (C=O) groups excluding carboxylic acids is 1. The van der Waals surface area contributed by atoms with Crippen LogP contribution < -0.4 is 10.2 Å². The second kappa shape index (κ2) is 10.1. The molecule has 162 valence electrons. The molecule has 0 saturated heterocycles. The van der Waals surface area contributed by atoms with Gasteiger partial charge in [-0.05, 0) is 58.8 Å². The molecule has 0 bridgehead atoms. The smallest absolute Gasteiger partial charge is 0.274 e. The number of carbonyl (C=O) groups is 1. The first kappa shape index (κ1) is 22.2. The fourth-order valence-corrected chi connectivity index (χ4v) is 3.61. The highest BCUT2D eigenvalue weighted by molar-refractivity contribution is 9.10. The van der Waals surface area contributed by atoms with Gasteiger partial charge in [0.2, 0.25) is 0 Å². The molecule has 5 nitrogen and oxygen atoms in total. The fourth-order valence-electron chi connectivity index (χ4n) is 3.23. The van der Waals surface area contributed by atoms with Crippen LogP contribution in [-0.2, 0) is 6.61 Å². The van der Waals surface area contributed by atoms with Crippen molar-refractivity contribution in [2.45, 2.75) is 6.61 Å². The van der Waals surface area contributed by atoms with Gasteiger partial charge in [0, 0.05) is 10.0 Å². The van der Waals surface area contributed by atoms with Crippen LogP contribution in [0.3, 0.4) is 0 Å². The lowest BCUT2D eigenvalue weighted by Gasteiger charge is -2.10. The van der Waals surface area contributed by atoms with Gasteiger partial charge in [0.15, 0.2) is 0 Å². The summed E-state index contributed by atoms with van der Waals surface area (Å²) in [5, 5.41) is 15.0. The molecule has 0 unspecified atom stereocenters. The maximum Gasteiger partial charge on any atom is 0.274 e. The number of nitriles is 1. The lowest BCUT2D eigenvalue weighted by molar-refractivity contribution is 0.0951. The first-order chi connectivity index (χ1) is 16.0. The molecular formula is C26H17BrFN3O2. The summed E-state index contributed by atoms with van der Waals surface area (Å²) in [6, 6.07) is 25.1. The number of nitrogens with one attached hydrogen (secondary N) is 1. The Morgan fingerprint density at radius 2 is 1.88 bits per heavy atom. The van der Waals surface area contributed by atoms with Gasteiger partial charge in [0.05, 0.1) is 23.4 Å². The van der Waals surface area contributed by atoms with Crippen molar-refractivity contribution in [3.63, 3.8) is 0 Å². The van der Waals surface area contributed by atoms with Gasteiger partial charge in [-0.25, -0.2) is 9.82 Å². The molecule has 0 aromatic heterocycles. The van der Waals surface area contributed by atoms with E-state index in [2.05, 4.69) is 50.7 Å². The Morgan fingerprint density at radius 1 is 1.06 bits per heavy atom. The average molecular weight is 502 g/mol. The van der Waals surface area contributed by atoms with Crippen LogP contribution in [0.15, 0.2) is 88.4 Å². The van der Waals surface area contributed by atoms with Crippen LogP contribution >= 0.6 is 15.9 Å². The van der Waals surface area contributed by atoms with Crippen molar-refractivity contribution < 1.29 is 13.9 Å². The summed E-state index contributed by atoms with van der Waals surface area (Å²) < 4.78 is 20.8. The molecule has 0 radical (unpaired) electrons. The summed E-state index contributed by atoms with van der Waals surface area (Å²) in [4.78, 5) is 12.2. The monoisotopic (exact) mass is 501 g/mol. The highest BCUT2D eigenvalue weighted by Gasteiger charge is 2.12. The standard InChI is InChI=1S/C26H17BrFN3O2/c27-22-8-10-25(33-16-18-5-7-19-3-1-2-4-20(19)11-18)21(13-22)15-30-31-26(32)23-9-6-17(14-29)12-24(23)28/h1-13,15H,16H2,(H,31,32)/b30-15-. The quantitative estimate of drug-likeness (QED) is 0.261. The maximum absolute atomic E-state index is 14.0. The number of hydrogen-bond donors (Lipinski definition) is 1. The number of amides is 1. The van der Waals surface area contributed by atoms with E-state index in [1.165, 1.54) is 18.3 Å². The van der Waals surface area contributed by atoms with Crippen LogP contribution in [0.1, 0.15) is 27.0 Å². The summed E-state index contributed by atoms with van der Waals surface area (Å²) in [6.07, 6.45) is 1.43. The number of hydrogen-bond acceptors (Lipinski definition) is 4. The molecule has 0 saturated carbocycles. The van der Waals surface area contributed by atoms with Crippen LogP contribution in [0.5, 0.6) is 5.75 Å². The number of nitrogens with zero attached hydrogens (tertiary/aromatic N) is 2. The lowest BCUT2D eigenvalue weighted by Crippen LogP contribution is -2.19. The first-order valence-corrected chi connectivity index (χ1v) is 10.8. The molecule has 7 heteroatoms. The van der Waals surface area contributed by atoms with Crippen molar-refractivity contribution >= 4 is 38.8 Å². The van der Waals surface area contributed by atoms with Crippen molar-refractivity contribution in [1.82, 2.24) is 5.43 Å². The Labute approximate surface area is 198 Å². The Bertz CT molecular complexity index is 1410. The maximum atomic E-state index is 14.0. The molecule has 0 atom stereocenters. The molecular weight excluding hydrogens is 485 g/mol. The van der Waals surface area contributed by atoms with Gasteiger partial charge in [-0.3, -0.25) is 4.79 Å². The Hall–Kier alpha value is -4.02. The molecule has 4 aromatic carbocycles. The van der Waals surface area contributed by atoms with Gasteiger partial charge in [-0.2, -0.15) is 10.4 Å². The number of halogens is 2. The summed E-state index contributed by atoms with van der Waals surface area (Å²) in [7, 11) is 0. The van der Waals surface area contributed by atoms with E-state index in [4.69, 9.17) is 10.00 Å². The number of fused-ring (bicyclic) bond motifs is 1. The predicted molar refractivity (Wildman–Crippen MR) is 129 cm³/mol. The Morgan fingerprint density at radius 3 is 2.67 bits per heavy atom. The highest BCUT2D eigenvalue weighted by Crippen LogP contribution is 2.24. The van der Waals surface area contributed by atoms with Crippen molar-refractivity contribution in [3.8, 4) is 11.8 Å². The number of hydrazone groups is 1. The van der Waals surface area contributed by atoms with Crippen LogP contribution in [0, 0.1) is 17.1 Å². The summed E-state index contributed by atoms with van der Waals surface area (Å²) in [5.74, 6) is -0.931. The zero-order valence-corrected chi connectivity index (χ0v) is 18.8. The molecule has 33 heavy (non-hydrogen) atoms. The van der Waals surface area contributed by atoms with Gasteiger partial charge >= 0.3 is 0 Å². The average Bonchev–Trinajstić information content (AvgIpc) is 2.83. The van der Waals surface area contributed by atoms with Crippen molar-refractivity contribution in [1.29, 1.82) is 5.26 Å². The van der Waals surface area contributed by atoms with Gasteiger partial charge in [-0.1, -0.05) is 52.3 Å². The minimum absolute atomic E-state index is 0.134. The molecule has 0 spiro atoms. The zero-order valence-electron chi connectivity index (χ0n) is 17.3. The van der Waals surface area contributed by atoms with Gasteiger partial charge in [0.25, 0.3) is 5.91 Å². The minimum Gasteiger partial charge on any atom is -0.488 e.